The van der Waals surface area contributed by atoms with Crippen molar-refractivity contribution >= 4 is 39.2 Å². The highest BCUT2D eigenvalue weighted by Crippen LogP contribution is 2.38. The van der Waals surface area contributed by atoms with Crippen LogP contribution in [-0.2, 0) is 31.7 Å². The third kappa shape index (κ3) is 8.09. The highest BCUT2D eigenvalue weighted by atomic mass is 35.5. The summed E-state index contributed by atoms with van der Waals surface area (Å²) in [6.07, 6.45) is 3.60. The maximum atomic E-state index is 13.7. The Morgan fingerprint density at radius 2 is 1.75 bits per heavy atom. The summed E-state index contributed by atoms with van der Waals surface area (Å²) in [6.45, 7) is -2.65. The van der Waals surface area contributed by atoms with Crippen molar-refractivity contribution in [1.82, 2.24) is 4.31 Å². The second-order valence-corrected chi connectivity index (χ2v) is 13.5. The predicted octanol–water partition coefficient (Wildman–Crippen LogP) is 5.84. The summed E-state index contributed by atoms with van der Waals surface area (Å²) >= 11 is 12.7. The number of benzene rings is 2. The molecule has 1 saturated heterocycles. The molecule has 0 radical (unpaired) electrons. The number of sulfonamides is 1. The van der Waals surface area contributed by atoms with E-state index in [0.717, 1.165) is 29.5 Å². The third-order valence-corrected chi connectivity index (χ3v) is 9.96. The van der Waals surface area contributed by atoms with Crippen LogP contribution >= 0.6 is 23.2 Å². The van der Waals surface area contributed by atoms with Gasteiger partial charge in [0.1, 0.15) is 22.2 Å². The van der Waals surface area contributed by atoms with Gasteiger partial charge in [-0.15, -0.1) is 0 Å². The number of hydrogen-bond donors (Lipinski definition) is 0. The van der Waals surface area contributed by atoms with Gasteiger partial charge in [-0.1, -0.05) is 59.6 Å². The lowest BCUT2D eigenvalue weighted by Crippen LogP contribution is -2.42. The predicted molar refractivity (Wildman–Crippen MR) is 158 cm³/mol. The van der Waals surface area contributed by atoms with Crippen molar-refractivity contribution in [3.8, 4) is 11.5 Å². The fraction of sp³-hybridized carbons (Fsp3) is 0.400. The topological polar surface area (TPSA) is 109 Å². The Kier molecular flexibility index (Phi) is 10.1. The van der Waals surface area contributed by atoms with Crippen molar-refractivity contribution in [2.75, 3.05) is 13.2 Å². The van der Waals surface area contributed by atoms with Crippen LogP contribution in [0, 0.1) is 11.1 Å². The third-order valence-electron chi connectivity index (χ3n) is 7.46. The maximum Gasteiger partial charge on any atom is 0.387 e. The minimum absolute atomic E-state index is 0.0179. The molecule has 0 N–H and O–H groups in total. The fourth-order valence-electron chi connectivity index (χ4n) is 5.06. The van der Waals surface area contributed by atoms with Gasteiger partial charge in [0.15, 0.2) is 23.9 Å². The molecule has 2 aliphatic rings. The molecule has 0 amide bonds. The first-order valence-electron chi connectivity index (χ1n) is 14.0. The quantitative estimate of drug-likeness (QED) is 0.128. The number of aromatic nitrogens is 1. The minimum atomic E-state index is -3.87. The number of halogens is 4. The molecule has 0 spiro atoms. The van der Waals surface area contributed by atoms with Crippen molar-refractivity contribution in [2.24, 2.45) is 5.92 Å². The summed E-state index contributed by atoms with van der Waals surface area (Å²) in [5.41, 5.74) is 1.22. The van der Waals surface area contributed by atoms with Crippen molar-refractivity contribution in [1.29, 1.82) is 0 Å². The Hall–Kier alpha value is -3.19. The number of rotatable bonds is 13. The molecule has 5 rings (SSSR count). The SMILES string of the molecule is O=C(O[C@@H](Cc1c(Cl)c[n+]([O-])cc1Cl)c1ccc(OC(F)F)c(OCC2CC2)c1)[C@@H]1CCCN1S(=O)(=O)Cc1ccccc1. The number of nitrogens with zero attached hydrogens (tertiary/aromatic N) is 2. The lowest BCUT2D eigenvalue weighted by molar-refractivity contribution is -0.605. The van der Waals surface area contributed by atoms with Crippen LogP contribution in [0.5, 0.6) is 11.5 Å². The average molecular weight is 672 g/mol. The number of hydrogen-bond acceptors (Lipinski definition) is 7. The maximum absolute atomic E-state index is 13.7. The van der Waals surface area contributed by atoms with E-state index < -0.39 is 34.7 Å². The second-order valence-electron chi connectivity index (χ2n) is 10.8. The van der Waals surface area contributed by atoms with Gasteiger partial charge in [0.2, 0.25) is 10.0 Å². The van der Waals surface area contributed by atoms with Crippen LogP contribution in [-0.4, -0.2) is 44.5 Å². The van der Waals surface area contributed by atoms with Gasteiger partial charge in [-0.3, -0.25) is 4.79 Å². The van der Waals surface area contributed by atoms with Crippen LogP contribution in [0.3, 0.4) is 0 Å². The molecule has 3 aromatic rings. The van der Waals surface area contributed by atoms with Gasteiger partial charge in [0.05, 0.1) is 12.4 Å². The molecule has 1 saturated carbocycles. The molecular formula is C30H30Cl2F2N2O7S. The second kappa shape index (κ2) is 13.8. The van der Waals surface area contributed by atoms with Crippen LogP contribution in [0.15, 0.2) is 60.9 Å². The molecule has 2 heterocycles. The number of carbonyl (C=O) groups is 1. The zero-order valence-electron chi connectivity index (χ0n) is 23.4. The van der Waals surface area contributed by atoms with Gasteiger partial charge in [-0.05, 0) is 54.9 Å². The Balaban J connectivity index is 1.44. The number of carbonyl (C=O) groups excluding carboxylic acids is 1. The molecule has 0 bridgehead atoms. The molecule has 9 nitrogen and oxygen atoms in total. The Labute approximate surface area is 263 Å². The molecule has 1 aliphatic carbocycles. The number of alkyl halides is 2. The lowest BCUT2D eigenvalue weighted by Gasteiger charge is -2.26. The number of esters is 1. The molecule has 2 fully saturated rings. The van der Waals surface area contributed by atoms with Gasteiger partial charge >= 0.3 is 12.6 Å². The normalized spacial score (nSPS) is 17.9. The van der Waals surface area contributed by atoms with Crippen molar-refractivity contribution in [3.63, 3.8) is 0 Å². The van der Waals surface area contributed by atoms with Crippen LogP contribution in [0.1, 0.15) is 48.5 Å². The summed E-state index contributed by atoms with van der Waals surface area (Å²) in [4.78, 5) is 13.7. The van der Waals surface area contributed by atoms with E-state index in [4.69, 9.17) is 32.7 Å². The zero-order valence-corrected chi connectivity index (χ0v) is 25.7. The molecule has 44 heavy (non-hydrogen) atoms. The Morgan fingerprint density at radius 1 is 1.05 bits per heavy atom. The van der Waals surface area contributed by atoms with E-state index in [2.05, 4.69) is 4.74 Å². The Morgan fingerprint density at radius 3 is 2.41 bits per heavy atom. The van der Waals surface area contributed by atoms with Crippen molar-refractivity contribution in [3.05, 3.63) is 92.9 Å². The number of ether oxygens (including phenoxy) is 3. The van der Waals surface area contributed by atoms with Crippen LogP contribution in [0.4, 0.5) is 8.78 Å². The minimum Gasteiger partial charge on any atom is -0.619 e. The van der Waals surface area contributed by atoms with Crippen LogP contribution in [0.25, 0.3) is 0 Å². The summed E-state index contributed by atoms with van der Waals surface area (Å²) in [5.74, 6) is -0.922. The summed E-state index contributed by atoms with van der Waals surface area (Å²) in [5, 5.41) is 11.9. The van der Waals surface area contributed by atoms with E-state index in [1.807, 2.05) is 0 Å². The monoisotopic (exact) mass is 670 g/mol. The Bertz CT molecular complexity index is 1570. The van der Waals surface area contributed by atoms with E-state index in [0.29, 0.717) is 40.4 Å². The van der Waals surface area contributed by atoms with E-state index in [-0.39, 0.29) is 46.7 Å². The van der Waals surface area contributed by atoms with E-state index in [9.17, 15) is 27.2 Å². The fourth-order valence-corrected chi connectivity index (χ4v) is 7.42. The van der Waals surface area contributed by atoms with Crippen molar-refractivity contribution < 1.29 is 40.9 Å². The first-order chi connectivity index (χ1) is 21.0. The summed E-state index contributed by atoms with van der Waals surface area (Å²) in [7, 11) is -3.87. The summed E-state index contributed by atoms with van der Waals surface area (Å²) < 4.78 is 71.0. The smallest absolute Gasteiger partial charge is 0.387 e. The van der Waals surface area contributed by atoms with Gasteiger partial charge in [-0.25, -0.2) is 8.42 Å². The molecule has 1 aromatic heterocycles. The standard InChI is InChI=1S/C30H30Cl2F2N2O7S/c31-23-15-35(38)16-24(32)22(23)14-27(21-10-11-26(43-30(33)34)28(13-21)41-17-19-8-9-19)42-29(37)25-7-4-12-36(25)44(39,40)18-20-5-2-1-3-6-20/h1-3,5-6,10-11,13,15-16,19,25,27,30H,4,7-9,12,14,17-18H2/t25-,27-/m0/s1. The first kappa shape index (κ1) is 32.2. The molecule has 2 atom stereocenters. The molecule has 14 heteroatoms. The zero-order chi connectivity index (χ0) is 31.4. The first-order valence-corrected chi connectivity index (χ1v) is 16.4. The highest BCUT2D eigenvalue weighted by Gasteiger charge is 2.41. The van der Waals surface area contributed by atoms with Gasteiger partial charge < -0.3 is 19.4 Å². The largest absolute Gasteiger partial charge is 0.619 e. The van der Waals surface area contributed by atoms with Crippen LogP contribution in [0.2, 0.25) is 10.0 Å². The van der Waals surface area contributed by atoms with E-state index in [1.165, 1.54) is 18.2 Å². The van der Waals surface area contributed by atoms with E-state index in [1.54, 1.807) is 30.3 Å². The van der Waals surface area contributed by atoms with E-state index >= 15 is 0 Å². The molecule has 2 aromatic carbocycles. The summed E-state index contributed by atoms with van der Waals surface area (Å²) in [6, 6.07) is 11.7. The number of pyridine rings is 1. The molecule has 1 aliphatic heterocycles. The highest BCUT2D eigenvalue weighted by molar-refractivity contribution is 7.88. The molecule has 0 unspecified atom stereocenters. The van der Waals surface area contributed by atoms with Gasteiger partial charge in [0.25, 0.3) is 0 Å². The van der Waals surface area contributed by atoms with Crippen molar-refractivity contribution in [2.45, 2.75) is 56.6 Å². The van der Waals surface area contributed by atoms with Gasteiger partial charge in [0, 0.05) is 18.5 Å². The van der Waals surface area contributed by atoms with Crippen LogP contribution < -0.4 is 14.2 Å². The lowest BCUT2D eigenvalue weighted by atomic mass is 10.0. The molecular weight excluding hydrogens is 641 g/mol. The molecule has 236 valence electrons. The average Bonchev–Trinajstić information content (AvgIpc) is 3.65. The van der Waals surface area contributed by atoms with Gasteiger partial charge in [-0.2, -0.15) is 17.8 Å².